The maximum absolute atomic E-state index is 12.4. The summed E-state index contributed by atoms with van der Waals surface area (Å²) >= 11 is 0. The number of sulfonamides is 1. The average Bonchev–Trinajstić information content (AvgIpc) is 2.70. The highest BCUT2D eigenvalue weighted by Crippen LogP contribution is 2.36. The van der Waals surface area contributed by atoms with Crippen molar-refractivity contribution in [2.24, 2.45) is 0 Å². The molecule has 1 heterocycles. The van der Waals surface area contributed by atoms with Crippen molar-refractivity contribution >= 4 is 10.0 Å². The van der Waals surface area contributed by atoms with Crippen LogP contribution in [0.2, 0.25) is 0 Å². The number of hydrogen-bond donors (Lipinski definition) is 1. The molecule has 146 valence electrons. The Kier molecular flexibility index (Phi) is 5.92. The van der Waals surface area contributed by atoms with Crippen molar-refractivity contribution in [2.45, 2.75) is 4.90 Å². The summed E-state index contributed by atoms with van der Waals surface area (Å²) in [5, 5.41) is 0. The summed E-state index contributed by atoms with van der Waals surface area (Å²) < 4.78 is 54.3. The summed E-state index contributed by atoms with van der Waals surface area (Å²) in [7, 11) is -0.658. The van der Waals surface area contributed by atoms with Crippen molar-refractivity contribution in [3.05, 3.63) is 36.4 Å². The first kappa shape index (κ1) is 19.1. The van der Waals surface area contributed by atoms with Gasteiger partial charge in [-0.15, -0.1) is 0 Å². The number of fused-ring (bicyclic) bond motifs is 1. The molecule has 8 nitrogen and oxygen atoms in total. The van der Waals surface area contributed by atoms with E-state index in [2.05, 4.69) is 4.72 Å². The van der Waals surface area contributed by atoms with Crippen molar-refractivity contribution in [3.8, 4) is 28.7 Å². The van der Waals surface area contributed by atoms with Gasteiger partial charge in [-0.05, 0) is 24.3 Å². The maximum Gasteiger partial charge on any atom is 0.240 e. The molecule has 0 unspecified atom stereocenters. The minimum Gasteiger partial charge on any atom is -0.493 e. The van der Waals surface area contributed by atoms with Crippen LogP contribution >= 0.6 is 0 Å². The van der Waals surface area contributed by atoms with Crippen LogP contribution in [0.15, 0.2) is 41.3 Å². The molecule has 0 bridgehead atoms. The fourth-order valence-electron chi connectivity index (χ4n) is 2.58. The lowest BCUT2D eigenvalue weighted by Crippen LogP contribution is -2.28. The van der Waals surface area contributed by atoms with Gasteiger partial charge in [0, 0.05) is 12.6 Å². The molecular formula is C18H21NO7S. The summed E-state index contributed by atoms with van der Waals surface area (Å²) in [5.74, 6) is 2.41. The van der Waals surface area contributed by atoms with Crippen LogP contribution in [-0.2, 0) is 10.0 Å². The lowest BCUT2D eigenvalue weighted by atomic mass is 10.3. The van der Waals surface area contributed by atoms with Gasteiger partial charge in [0.2, 0.25) is 15.8 Å². The molecule has 3 rings (SSSR count). The summed E-state index contributed by atoms with van der Waals surface area (Å²) in [5.41, 5.74) is 0. The van der Waals surface area contributed by atoms with Gasteiger partial charge in [0.05, 0.1) is 19.1 Å². The molecule has 0 aromatic heterocycles. The molecular weight excluding hydrogens is 374 g/mol. The Hall–Kier alpha value is -2.65. The largest absolute Gasteiger partial charge is 0.493 e. The van der Waals surface area contributed by atoms with E-state index in [0.29, 0.717) is 42.0 Å². The lowest BCUT2D eigenvalue weighted by Gasteiger charge is -2.19. The Bertz CT molecular complexity index is 899. The van der Waals surface area contributed by atoms with E-state index >= 15 is 0 Å². The predicted molar refractivity (Wildman–Crippen MR) is 97.7 cm³/mol. The first-order valence-corrected chi connectivity index (χ1v) is 9.76. The zero-order valence-corrected chi connectivity index (χ0v) is 15.9. The van der Waals surface area contributed by atoms with Crippen LogP contribution < -0.4 is 28.4 Å². The molecule has 9 heteroatoms. The molecule has 0 fully saturated rings. The third-order valence-corrected chi connectivity index (χ3v) is 5.30. The Morgan fingerprint density at radius 1 is 1.00 bits per heavy atom. The van der Waals surface area contributed by atoms with Gasteiger partial charge in [-0.25, -0.2) is 13.1 Å². The second-order valence-electron chi connectivity index (χ2n) is 5.54. The van der Waals surface area contributed by atoms with Crippen molar-refractivity contribution in [2.75, 3.05) is 40.6 Å². The van der Waals surface area contributed by atoms with Crippen LogP contribution in [0, 0.1) is 0 Å². The van der Waals surface area contributed by atoms with E-state index in [1.165, 1.54) is 26.4 Å². The second-order valence-corrected chi connectivity index (χ2v) is 7.31. The van der Waals surface area contributed by atoms with Crippen LogP contribution in [0.25, 0.3) is 0 Å². The molecule has 1 aliphatic heterocycles. The highest BCUT2D eigenvalue weighted by Gasteiger charge is 2.19. The Morgan fingerprint density at radius 3 is 2.48 bits per heavy atom. The van der Waals surface area contributed by atoms with Crippen LogP contribution in [0.1, 0.15) is 0 Å². The van der Waals surface area contributed by atoms with Crippen molar-refractivity contribution in [1.29, 1.82) is 0 Å². The summed E-state index contributed by atoms with van der Waals surface area (Å²) in [6, 6.07) is 9.73. The maximum atomic E-state index is 12.4. The highest BCUT2D eigenvalue weighted by molar-refractivity contribution is 7.89. The summed E-state index contributed by atoms with van der Waals surface area (Å²) in [6.07, 6.45) is 0. The Labute approximate surface area is 158 Å². The monoisotopic (exact) mass is 395 g/mol. The van der Waals surface area contributed by atoms with E-state index in [4.69, 9.17) is 23.7 Å². The fraction of sp³-hybridized carbons (Fsp3) is 0.333. The topological polar surface area (TPSA) is 92.3 Å². The van der Waals surface area contributed by atoms with Gasteiger partial charge < -0.3 is 23.7 Å². The number of nitrogens with one attached hydrogen (secondary N) is 1. The van der Waals surface area contributed by atoms with E-state index in [1.54, 1.807) is 24.3 Å². The summed E-state index contributed by atoms with van der Waals surface area (Å²) in [4.78, 5) is 0.103. The summed E-state index contributed by atoms with van der Waals surface area (Å²) in [6.45, 7) is 1.03. The molecule has 1 aliphatic rings. The zero-order valence-electron chi connectivity index (χ0n) is 15.1. The third kappa shape index (κ3) is 4.37. The molecule has 0 radical (unpaired) electrons. The van der Waals surface area contributed by atoms with Crippen LogP contribution in [-0.4, -0.2) is 49.0 Å². The molecule has 0 atom stereocenters. The van der Waals surface area contributed by atoms with Crippen molar-refractivity contribution < 1.29 is 32.1 Å². The minimum atomic E-state index is -3.70. The molecule has 27 heavy (non-hydrogen) atoms. The lowest BCUT2D eigenvalue weighted by molar-refractivity contribution is 0.171. The number of methoxy groups -OCH3 is 2. The van der Waals surface area contributed by atoms with Gasteiger partial charge in [-0.2, -0.15) is 0 Å². The molecule has 0 saturated heterocycles. The SMILES string of the molecule is COc1cccc(OCCNS(=O)(=O)c2ccc3c(c2)OCCO3)c1OC. The highest BCUT2D eigenvalue weighted by atomic mass is 32.2. The number of hydrogen-bond acceptors (Lipinski definition) is 7. The Morgan fingerprint density at radius 2 is 1.74 bits per heavy atom. The van der Waals surface area contributed by atoms with Gasteiger partial charge >= 0.3 is 0 Å². The van der Waals surface area contributed by atoms with E-state index in [1.807, 2.05) is 0 Å². The van der Waals surface area contributed by atoms with Gasteiger partial charge in [0.1, 0.15) is 19.8 Å². The molecule has 0 aliphatic carbocycles. The smallest absolute Gasteiger partial charge is 0.240 e. The first-order chi connectivity index (χ1) is 13.0. The van der Waals surface area contributed by atoms with Crippen molar-refractivity contribution in [1.82, 2.24) is 4.72 Å². The quantitative estimate of drug-likeness (QED) is 0.682. The zero-order chi connectivity index (χ0) is 19.3. The average molecular weight is 395 g/mol. The predicted octanol–water partition coefficient (Wildman–Crippen LogP) is 1.83. The molecule has 0 saturated carbocycles. The number of benzene rings is 2. The van der Waals surface area contributed by atoms with Gasteiger partial charge in [-0.1, -0.05) is 6.07 Å². The molecule has 1 N–H and O–H groups in total. The minimum absolute atomic E-state index is 0.0805. The molecule has 0 amide bonds. The molecule has 2 aromatic rings. The normalized spacial score (nSPS) is 13.1. The number of para-hydroxylation sites is 1. The van der Waals surface area contributed by atoms with E-state index in [9.17, 15) is 8.42 Å². The van der Waals surface area contributed by atoms with Crippen LogP contribution in [0.3, 0.4) is 0 Å². The first-order valence-electron chi connectivity index (χ1n) is 8.28. The fourth-order valence-corrected chi connectivity index (χ4v) is 3.61. The van der Waals surface area contributed by atoms with Gasteiger partial charge in [0.25, 0.3) is 0 Å². The van der Waals surface area contributed by atoms with Crippen molar-refractivity contribution in [3.63, 3.8) is 0 Å². The standard InChI is InChI=1S/C18H21NO7S/c1-22-15-4-3-5-16(18(15)23-2)24-9-8-19-27(20,21)13-6-7-14-17(12-13)26-11-10-25-14/h3-7,12,19H,8-11H2,1-2H3. The second kappa shape index (κ2) is 8.36. The van der Waals surface area contributed by atoms with E-state index < -0.39 is 10.0 Å². The van der Waals surface area contributed by atoms with Gasteiger partial charge in [-0.3, -0.25) is 0 Å². The van der Waals surface area contributed by atoms with Gasteiger partial charge in [0.15, 0.2) is 23.0 Å². The van der Waals surface area contributed by atoms with E-state index in [0.717, 1.165) is 0 Å². The van der Waals surface area contributed by atoms with E-state index in [-0.39, 0.29) is 18.0 Å². The van der Waals surface area contributed by atoms with Crippen LogP contribution in [0.4, 0.5) is 0 Å². The van der Waals surface area contributed by atoms with Crippen LogP contribution in [0.5, 0.6) is 28.7 Å². The molecule has 0 spiro atoms. The number of ether oxygens (including phenoxy) is 5. The third-order valence-electron chi connectivity index (χ3n) is 3.84. The molecule has 2 aromatic carbocycles. The number of rotatable bonds is 8. The Balaban J connectivity index is 1.60.